The molecule has 0 bridgehead atoms. The van der Waals surface area contributed by atoms with Gasteiger partial charge in [-0.2, -0.15) is 0 Å². The normalized spacial score (nSPS) is 13.8. The molecule has 1 aliphatic rings. The van der Waals surface area contributed by atoms with Crippen LogP contribution in [0.1, 0.15) is 5.56 Å². The first-order valence-corrected chi connectivity index (χ1v) is 6.27. The molecule has 1 aromatic carbocycles. The van der Waals surface area contributed by atoms with Crippen LogP contribution in [0.5, 0.6) is 5.75 Å². The Balaban J connectivity index is 1.74. The maximum Gasteiger partial charge on any atom is 0.262 e. The molecule has 0 spiro atoms. The van der Waals surface area contributed by atoms with Crippen LogP contribution >= 0.6 is 0 Å². The summed E-state index contributed by atoms with van der Waals surface area (Å²) in [5.74, 6) is 0.469. The zero-order valence-corrected chi connectivity index (χ0v) is 10.8. The van der Waals surface area contributed by atoms with Gasteiger partial charge in [0.1, 0.15) is 12.4 Å². The van der Waals surface area contributed by atoms with E-state index in [4.69, 9.17) is 9.47 Å². The van der Waals surface area contributed by atoms with Crippen LogP contribution in [0.3, 0.4) is 0 Å². The molecule has 5 nitrogen and oxygen atoms in total. The second-order valence-electron chi connectivity index (χ2n) is 4.31. The summed E-state index contributed by atoms with van der Waals surface area (Å²) in [7, 11) is 0. The van der Waals surface area contributed by atoms with Gasteiger partial charge in [-0.05, 0) is 17.7 Å². The summed E-state index contributed by atoms with van der Waals surface area (Å²) in [5.41, 5.74) is 1.61. The van der Waals surface area contributed by atoms with E-state index in [0.717, 1.165) is 5.56 Å². The second kappa shape index (κ2) is 7.16. The number of carbonyl (C=O) groups is 1. The molecule has 2 N–H and O–H groups in total. The molecule has 0 aromatic heterocycles. The molecule has 110 valence electrons. The first-order valence-electron chi connectivity index (χ1n) is 6.27. The van der Waals surface area contributed by atoms with Crippen molar-refractivity contribution in [1.29, 1.82) is 0 Å². The van der Waals surface area contributed by atoms with Crippen LogP contribution in [0, 0.1) is 0 Å². The monoisotopic (exact) mass is 286 g/mol. The summed E-state index contributed by atoms with van der Waals surface area (Å²) >= 11 is 0. The van der Waals surface area contributed by atoms with Crippen LogP contribution in [-0.4, -0.2) is 38.7 Å². The van der Waals surface area contributed by atoms with E-state index >= 15 is 0 Å². The van der Waals surface area contributed by atoms with Gasteiger partial charge in [0.25, 0.3) is 12.3 Å². The summed E-state index contributed by atoms with van der Waals surface area (Å²) in [4.78, 5) is 11.2. The van der Waals surface area contributed by atoms with Crippen molar-refractivity contribution in [2.24, 2.45) is 0 Å². The van der Waals surface area contributed by atoms with Crippen LogP contribution in [0.4, 0.5) is 14.5 Å². The highest BCUT2D eigenvalue weighted by Gasteiger charge is 2.15. The average molecular weight is 286 g/mol. The molecule has 7 heteroatoms. The number of ether oxygens (including phenoxy) is 2. The van der Waals surface area contributed by atoms with Gasteiger partial charge in [0.2, 0.25) is 0 Å². The minimum atomic E-state index is -2.43. The Morgan fingerprint density at radius 1 is 1.45 bits per heavy atom. The number of nitrogens with one attached hydrogen (secondary N) is 2. The number of benzene rings is 1. The molecule has 0 fully saturated rings. The molecule has 0 atom stereocenters. The molecule has 0 saturated heterocycles. The van der Waals surface area contributed by atoms with Crippen LogP contribution in [-0.2, 0) is 16.1 Å². The Bertz CT molecular complexity index is 469. The van der Waals surface area contributed by atoms with E-state index < -0.39 is 13.0 Å². The molecule has 1 amide bonds. The van der Waals surface area contributed by atoms with Crippen LogP contribution < -0.4 is 15.4 Å². The van der Waals surface area contributed by atoms with Gasteiger partial charge in [0.05, 0.1) is 12.3 Å². The van der Waals surface area contributed by atoms with E-state index in [1.54, 1.807) is 6.07 Å². The number of alkyl halides is 2. The molecule has 0 unspecified atom stereocenters. The summed E-state index contributed by atoms with van der Waals surface area (Å²) in [6.07, 6.45) is -2.43. The van der Waals surface area contributed by atoms with E-state index in [9.17, 15) is 13.6 Å². The van der Waals surface area contributed by atoms with Crippen molar-refractivity contribution in [2.75, 3.05) is 31.7 Å². The maximum atomic E-state index is 11.8. The largest absolute Gasteiger partial charge is 0.482 e. The molecule has 20 heavy (non-hydrogen) atoms. The van der Waals surface area contributed by atoms with Gasteiger partial charge in [0.15, 0.2) is 6.61 Å². The van der Waals surface area contributed by atoms with Gasteiger partial charge in [0, 0.05) is 13.1 Å². The lowest BCUT2D eigenvalue weighted by Crippen LogP contribution is -2.25. The van der Waals surface area contributed by atoms with Crippen LogP contribution in [0.25, 0.3) is 0 Å². The summed E-state index contributed by atoms with van der Waals surface area (Å²) in [6, 6.07) is 5.49. The van der Waals surface area contributed by atoms with E-state index in [2.05, 4.69) is 10.6 Å². The number of carbonyl (C=O) groups excluding carboxylic acids is 1. The Labute approximate surface area is 115 Å². The van der Waals surface area contributed by atoms with Gasteiger partial charge < -0.3 is 20.1 Å². The Kier molecular flexibility index (Phi) is 5.25. The Hall–Kier alpha value is -1.73. The second-order valence-corrected chi connectivity index (χ2v) is 4.31. The van der Waals surface area contributed by atoms with Crippen molar-refractivity contribution < 1.29 is 23.0 Å². The summed E-state index contributed by atoms with van der Waals surface area (Å²) < 4.78 is 33.6. The molecule has 0 radical (unpaired) electrons. The first kappa shape index (κ1) is 14.7. The predicted octanol–water partition coefficient (Wildman–Crippen LogP) is 1.39. The molecule has 1 heterocycles. The number of fused-ring (bicyclic) bond motifs is 1. The smallest absolute Gasteiger partial charge is 0.262 e. The predicted molar refractivity (Wildman–Crippen MR) is 69.1 cm³/mol. The fraction of sp³-hybridized carbons (Fsp3) is 0.462. The fourth-order valence-corrected chi connectivity index (χ4v) is 1.79. The number of anilines is 1. The number of halogens is 2. The van der Waals surface area contributed by atoms with Crippen molar-refractivity contribution in [3.63, 3.8) is 0 Å². The van der Waals surface area contributed by atoms with E-state index in [0.29, 0.717) is 24.5 Å². The maximum absolute atomic E-state index is 11.8. The third-order valence-electron chi connectivity index (χ3n) is 2.67. The topological polar surface area (TPSA) is 59.6 Å². The first-order chi connectivity index (χ1) is 9.65. The molecular weight excluding hydrogens is 270 g/mol. The minimum absolute atomic E-state index is 0.0338. The van der Waals surface area contributed by atoms with Crippen LogP contribution in [0.15, 0.2) is 18.2 Å². The lowest BCUT2D eigenvalue weighted by atomic mass is 10.1. The zero-order valence-electron chi connectivity index (χ0n) is 10.8. The van der Waals surface area contributed by atoms with Gasteiger partial charge in [-0.3, -0.25) is 4.79 Å². The highest BCUT2D eigenvalue weighted by Crippen LogP contribution is 2.28. The standard InChI is InChI=1S/C13H16F2N2O3/c14-12(15)7-19-4-3-16-6-9-1-2-11-10(5-9)17-13(18)8-20-11/h1-2,5,12,16H,3-4,6-8H2,(H,17,18). The molecule has 1 aliphatic heterocycles. The number of hydrogen-bond acceptors (Lipinski definition) is 4. The molecule has 0 aliphatic carbocycles. The van der Waals surface area contributed by atoms with Crippen molar-refractivity contribution in [3.8, 4) is 5.75 Å². The lowest BCUT2D eigenvalue weighted by Gasteiger charge is -2.18. The number of amides is 1. The fourth-order valence-electron chi connectivity index (χ4n) is 1.79. The third kappa shape index (κ3) is 4.43. The summed E-state index contributed by atoms with van der Waals surface area (Å²) in [5, 5.41) is 5.79. The van der Waals surface area contributed by atoms with E-state index in [1.165, 1.54) is 0 Å². The Morgan fingerprint density at radius 3 is 3.10 bits per heavy atom. The average Bonchev–Trinajstić information content (AvgIpc) is 2.42. The third-order valence-corrected chi connectivity index (χ3v) is 2.67. The summed E-state index contributed by atoms with van der Waals surface area (Å²) in [6.45, 7) is 0.763. The van der Waals surface area contributed by atoms with Crippen molar-refractivity contribution >= 4 is 11.6 Å². The molecule has 0 saturated carbocycles. The molecular formula is C13H16F2N2O3. The van der Waals surface area contributed by atoms with Gasteiger partial charge in [-0.15, -0.1) is 0 Å². The SMILES string of the molecule is O=C1COc2ccc(CNCCOCC(F)F)cc2N1. The van der Waals surface area contributed by atoms with Crippen molar-refractivity contribution in [3.05, 3.63) is 23.8 Å². The van der Waals surface area contributed by atoms with E-state index in [1.807, 2.05) is 12.1 Å². The quantitative estimate of drug-likeness (QED) is 0.744. The highest BCUT2D eigenvalue weighted by atomic mass is 19.3. The highest BCUT2D eigenvalue weighted by molar-refractivity contribution is 5.95. The van der Waals surface area contributed by atoms with Gasteiger partial charge in [-0.1, -0.05) is 6.07 Å². The lowest BCUT2D eigenvalue weighted by molar-refractivity contribution is -0.118. The molecule has 1 aromatic rings. The van der Waals surface area contributed by atoms with Gasteiger partial charge >= 0.3 is 0 Å². The van der Waals surface area contributed by atoms with Crippen molar-refractivity contribution in [2.45, 2.75) is 13.0 Å². The zero-order chi connectivity index (χ0) is 14.4. The van der Waals surface area contributed by atoms with Gasteiger partial charge in [-0.25, -0.2) is 8.78 Å². The number of hydrogen-bond donors (Lipinski definition) is 2. The van der Waals surface area contributed by atoms with Crippen LogP contribution in [0.2, 0.25) is 0 Å². The molecule has 2 rings (SSSR count). The Morgan fingerprint density at radius 2 is 2.30 bits per heavy atom. The number of rotatable bonds is 7. The van der Waals surface area contributed by atoms with E-state index in [-0.39, 0.29) is 19.1 Å². The minimum Gasteiger partial charge on any atom is -0.482 e. The van der Waals surface area contributed by atoms with Crippen molar-refractivity contribution in [1.82, 2.24) is 5.32 Å².